The molecule has 4 amide bonds. The minimum absolute atomic E-state index is 0.0225. The molecule has 4 N–H and O–H groups in total. The summed E-state index contributed by atoms with van der Waals surface area (Å²) in [5, 5.41) is 5.73. The number of hydrogen-bond acceptors (Lipinski definition) is 7. The third-order valence-electron chi connectivity index (χ3n) is 8.20. The number of likely N-dealkylation sites (N-methyl/N-ethyl adjacent to an activating group) is 2. The number of carbonyl (C=O) groups is 4. The molecule has 1 aliphatic rings. The van der Waals surface area contributed by atoms with Crippen LogP contribution in [-0.2, 0) is 28.7 Å². The zero-order valence-corrected chi connectivity index (χ0v) is 25.0. The summed E-state index contributed by atoms with van der Waals surface area (Å²) in [6.07, 6.45) is 1.27. The van der Waals surface area contributed by atoms with Gasteiger partial charge in [-0.1, -0.05) is 27.2 Å². The molecule has 0 aromatic rings. The lowest BCUT2D eigenvalue weighted by Gasteiger charge is -2.40. The SMILES string of the molecule is CC[C@H](C)[C@@H]([C@@H](CC(=O)N1CCC[C@H]1[C@H](OC)[C@@H](C)C(N)=O)OC)N(C)C(=O)[C@H](C)NC(=O)C(C)(C)NC. The number of likely N-dealkylation sites (tertiary alicyclic amines) is 1. The molecule has 0 radical (unpaired) electrons. The molecule has 0 bridgehead atoms. The second-order valence-corrected chi connectivity index (χ2v) is 11.1. The Bertz CT molecular complexity index is 822. The van der Waals surface area contributed by atoms with Gasteiger partial charge in [-0.2, -0.15) is 0 Å². The second kappa shape index (κ2) is 14.8. The fourth-order valence-electron chi connectivity index (χ4n) is 5.18. The number of primary amides is 1. The van der Waals surface area contributed by atoms with Crippen LogP contribution in [0, 0.1) is 11.8 Å². The van der Waals surface area contributed by atoms with Gasteiger partial charge in [-0.25, -0.2) is 0 Å². The van der Waals surface area contributed by atoms with Gasteiger partial charge in [-0.15, -0.1) is 0 Å². The lowest BCUT2D eigenvalue weighted by molar-refractivity contribution is -0.146. The Labute approximate surface area is 228 Å². The lowest BCUT2D eigenvalue weighted by Crippen LogP contribution is -2.59. The van der Waals surface area contributed by atoms with Crippen molar-refractivity contribution in [2.75, 3.05) is 34.9 Å². The van der Waals surface area contributed by atoms with Gasteiger partial charge in [0.15, 0.2) is 0 Å². The number of amides is 4. The highest BCUT2D eigenvalue weighted by Crippen LogP contribution is 2.29. The second-order valence-electron chi connectivity index (χ2n) is 11.1. The van der Waals surface area contributed by atoms with E-state index in [1.165, 1.54) is 7.11 Å². The van der Waals surface area contributed by atoms with Gasteiger partial charge in [-0.3, -0.25) is 19.2 Å². The van der Waals surface area contributed by atoms with Crippen molar-refractivity contribution < 1.29 is 28.7 Å². The summed E-state index contributed by atoms with van der Waals surface area (Å²) in [6, 6.07) is -1.43. The van der Waals surface area contributed by atoms with Crippen LogP contribution in [0.5, 0.6) is 0 Å². The van der Waals surface area contributed by atoms with Gasteiger partial charge in [0.2, 0.25) is 23.6 Å². The fourth-order valence-corrected chi connectivity index (χ4v) is 5.18. The van der Waals surface area contributed by atoms with Crippen molar-refractivity contribution in [3.05, 3.63) is 0 Å². The molecular weight excluding hydrogens is 490 g/mol. The molecule has 0 spiro atoms. The number of methoxy groups -OCH3 is 2. The molecule has 11 nitrogen and oxygen atoms in total. The minimum atomic E-state index is -0.830. The van der Waals surface area contributed by atoms with Crippen molar-refractivity contribution >= 4 is 23.6 Å². The van der Waals surface area contributed by atoms with Crippen LogP contribution in [0.4, 0.5) is 0 Å². The molecule has 0 aromatic carbocycles. The zero-order chi connectivity index (χ0) is 29.4. The topological polar surface area (TPSA) is 143 Å². The van der Waals surface area contributed by atoms with Crippen molar-refractivity contribution in [1.82, 2.24) is 20.4 Å². The Hall–Kier alpha value is -2.24. The quantitative estimate of drug-likeness (QED) is 0.279. The van der Waals surface area contributed by atoms with Crippen molar-refractivity contribution in [3.8, 4) is 0 Å². The van der Waals surface area contributed by atoms with Crippen LogP contribution in [0.1, 0.15) is 67.2 Å². The number of ether oxygens (including phenoxy) is 2. The Morgan fingerprint density at radius 1 is 1.13 bits per heavy atom. The Kier molecular flexibility index (Phi) is 13.1. The third-order valence-corrected chi connectivity index (χ3v) is 8.20. The number of hydrogen-bond donors (Lipinski definition) is 3. The average molecular weight is 542 g/mol. The van der Waals surface area contributed by atoms with Gasteiger partial charge in [0.05, 0.1) is 42.2 Å². The van der Waals surface area contributed by atoms with E-state index < -0.39 is 41.7 Å². The van der Waals surface area contributed by atoms with E-state index in [1.807, 2.05) is 13.8 Å². The van der Waals surface area contributed by atoms with Crippen LogP contribution in [-0.4, -0.2) is 104 Å². The molecular formula is C27H51N5O6. The first-order chi connectivity index (χ1) is 17.7. The molecule has 1 aliphatic heterocycles. The number of nitrogens with zero attached hydrogens (tertiary/aromatic N) is 2. The van der Waals surface area contributed by atoms with Crippen LogP contribution in [0.25, 0.3) is 0 Å². The molecule has 0 unspecified atom stereocenters. The highest BCUT2D eigenvalue weighted by molar-refractivity contribution is 5.91. The van der Waals surface area contributed by atoms with Gasteiger partial charge < -0.3 is 35.6 Å². The first-order valence-electron chi connectivity index (χ1n) is 13.6. The van der Waals surface area contributed by atoms with Crippen molar-refractivity contribution in [3.63, 3.8) is 0 Å². The van der Waals surface area contributed by atoms with Crippen molar-refractivity contribution in [1.29, 1.82) is 0 Å². The fraction of sp³-hybridized carbons (Fsp3) is 0.852. The third kappa shape index (κ3) is 8.13. The van der Waals surface area contributed by atoms with E-state index in [-0.39, 0.29) is 36.1 Å². The molecule has 1 rings (SSSR count). The maximum absolute atomic E-state index is 13.6. The smallest absolute Gasteiger partial charge is 0.244 e. The molecule has 0 aliphatic carbocycles. The van der Waals surface area contributed by atoms with E-state index in [4.69, 9.17) is 15.2 Å². The monoisotopic (exact) mass is 541 g/mol. The molecule has 11 heteroatoms. The standard InChI is InChI=1S/C27H51N5O6/c1-11-16(2)22(31(8)25(35)18(4)30-26(36)27(5,6)29-7)20(37-9)15-21(33)32-14-12-13-19(32)23(38-10)17(3)24(28)34/h16-20,22-23,29H,11-15H2,1-10H3,(H2,28,34)(H,30,36)/t16-,17+,18-,19-,20+,22-,23+/m0/s1. The predicted molar refractivity (Wildman–Crippen MR) is 146 cm³/mol. The largest absolute Gasteiger partial charge is 0.379 e. The van der Waals surface area contributed by atoms with Crippen LogP contribution >= 0.6 is 0 Å². The predicted octanol–water partition coefficient (Wildman–Crippen LogP) is 0.895. The summed E-state index contributed by atoms with van der Waals surface area (Å²) in [5.74, 6) is -1.66. The van der Waals surface area contributed by atoms with Crippen molar-refractivity contribution in [2.45, 2.75) is 103 Å². The highest BCUT2D eigenvalue weighted by atomic mass is 16.5. The summed E-state index contributed by atoms with van der Waals surface area (Å²) >= 11 is 0. The van der Waals surface area contributed by atoms with E-state index in [1.54, 1.807) is 58.7 Å². The number of nitrogens with one attached hydrogen (secondary N) is 2. The van der Waals surface area contributed by atoms with Gasteiger partial charge in [0.1, 0.15) is 6.04 Å². The van der Waals surface area contributed by atoms with Gasteiger partial charge in [0.25, 0.3) is 0 Å². The first-order valence-corrected chi connectivity index (χ1v) is 13.6. The van der Waals surface area contributed by atoms with E-state index in [2.05, 4.69) is 10.6 Å². The highest BCUT2D eigenvalue weighted by Gasteiger charge is 2.42. The Morgan fingerprint density at radius 2 is 1.74 bits per heavy atom. The average Bonchev–Trinajstić information content (AvgIpc) is 3.37. The van der Waals surface area contributed by atoms with Crippen LogP contribution in [0.15, 0.2) is 0 Å². The summed E-state index contributed by atoms with van der Waals surface area (Å²) < 4.78 is 11.4. The Morgan fingerprint density at radius 3 is 2.21 bits per heavy atom. The van der Waals surface area contributed by atoms with Crippen LogP contribution in [0.3, 0.4) is 0 Å². The van der Waals surface area contributed by atoms with Crippen molar-refractivity contribution in [2.24, 2.45) is 17.6 Å². The maximum atomic E-state index is 13.6. The van der Waals surface area contributed by atoms with Crippen LogP contribution < -0.4 is 16.4 Å². The molecule has 1 heterocycles. The zero-order valence-electron chi connectivity index (χ0n) is 25.0. The van der Waals surface area contributed by atoms with E-state index in [0.29, 0.717) is 13.0 Å². The normalized spacial score (nSPS) is 20.7. The maximum Gasteiger partial charge on any atom is 0.244 e. The number of rotatable bonds is 15. The summed E-state index contributed by atoms with van der Waals surface area (Å²) in [6.45, 7) is 11.4. The molecule has 7 atom stereocenters. The lowest BCUT2D eigenvalue weighted by atomic mass is 9.90. The minimum Gasteiger partial charge on any atom is -0.379 e. The molecule has 0 saturated carbocycles. The molecule has 1 fully saturated rings. The summed E-state index contributed by atoms with van der Waals surface area (Å²) in [4.78, 5) is 54.8. The van der Waals surface area contributed by atoms with Gasteiger partial charge >= 0.3 is 0 Å². The summed E-state index contributed by atoms with van der Waals surface area (Å²) in [5.41, 5.74) is 4.70. The van der Waals surface area contributed by atoms with Gasteiger partial charge in [-0.05, 0) is 46.6 Å². The first kappa shape index (κ1) is 33.8. The molecule has 1 saturated heterocycles. The molecule has 38 heavy (non-hydrogen) atoms. The summed E-state index contributed by atoms with van der Waals surface area (Å²) in [7, 11) is 6.45. The number of carbonyl (C=O) groups excluding carboxylic acids is 4. The number of nitrogens with two attached hydrogens (primary N) is 1. The van der Waals surface area contributed by atoms with E-state index >= 15 is 0 Å². The van der Waals surface area contributed by atoms with E-state index in [9.17, 15) is 19.2 Å². The van der Waals surface area contributed by atoms with Crippen LogP contribution in [0.2, 0.25) is 0 Å². The molecule has 0 aromatic heterocycles. The molecule has 220 valence electrons. The van der Waals surface area contributed by atoms with Gasteiger partial charge in [0, 0.05) is 27.8 Å². The van der Waals surface area contributed by atoms with E-state index in [0.717, 1.165) is 12.8 Å². The Balaban J connectivity index is 3.12.